The fourth-order valence-electron chi connectivity index (χ4n) is 2.04. The Labute approximate surface area is 117 Å². The topological polar surface area (TPSA) is 35.5 Å². The minimum absolute atomic E-state index is 0.120. The molecule has 108 valence electrons. The van der Waals surface area contributed by atoms with Crippen molar-refractivity contribution in [2.24, 2.45) is 0 Å². The molecule has 0 saturated heterocycles. The van der Waals surface area contributed by atoms with Gasteiger partial charge in [-0.05, 0) is 45.7 Å². The highest BCUT2D eigenvalue weighted by Gasteiger charge is 2.12. The number of aliphatic hydroxyl groups excluding tert-OH is 1. The number of benzene rings is 1. The van der Waals surface area contributed by atoms with Crippen LogP contribution in [0.2, 0.25) is 0 Å². The lowest BCUT2D eigenvalue weighted by molar-refractivity contribution is 0.289. The Morgan fingerprint density at radius 3 is 2.47 bits per heavy atom. The van der Waals surface area contributed by atoms with Gasteiger partial charge in [-0.1, -0.05) is 18.2 Å². The summed E-state index contributed by atoms with van der Waals surface area (Å²) in [6.07, 6.45) is 0.814. The van der Waals surface area contributed by atoms with Crippen LogP contribution >= 0.6 is 0 Å². The molecule has 0 unspecified atom stereocenters. The molecule has 1 rings (SSSR count). The number of hydrogen-bond acceptors (Lipinski definition) is 3. The zero-order valence-electron chi connectivity index (χ0n) is 12.7. The monoisotopic (exact) mass is 264 g/mol. The third-order valence-electron chi connectivity index (χ3n) is 3.11. The van der Waals surface area contributed by atoms with E-state index in [0.29, 0.717) is 0 Å². The number of para-hydroxylation sites is 1. The van der Waals surface area contributed by atoms with Crippen LogP contribution in [0, 0.1) is 0 Å². The maximum absolute atomic E-state index is 9.00. The SMILES string of the molecule is CCN(CCCO)c1ccccc1CNC(C)(C)C. The summed E-state index contributed by atoms with van der Waals surface area (Å²) >= 11 is 0. The molecule has 0 spiro atoms. The average molecular weight is 264 g/mol. The van der Waals surface area contributed by atoms with E-state index in [4.69, 9.17) is 5.11 Å². The van der Waals surface area contributed by atoms with Crippen molar-refractivity contribution in [2.45, 2.75) is 46.2 Å². The molecule has 0 saturated carbocycles. The molecule has 0 heterocycles. The first-order chi connectivity index (χ1) is 8.98. The van der Waals surface area contributed by atoms with E-state index in [9.17, 15) is 0 Å². The minimum Gasteiger partial charge on any atom is -0.396 e. The maximum atomic E-state index is 9.00. The predicted molar refractivity (Wildman–Crippen MR) is 82.6 cm³/mol. The lowest BCUT2D eigenvalue weighted by Gasteiger charge is -2.27. The molecule has 3 heteroatoms. The maximum Gasteiger partial charge on any atom is 0.0447 e. The second-order valence-electron chi connectivity index (χ2n) is 5.89. The Hall–Kier alpha value is -1.06. The number of nitrogens with one attached hydrogen (secondary N) is 1. The van der Waals surface area contributed by atoms with E-state index in [1.807, 2.05) is 0 Å². The molecule has 19 heavy (non-hydrogen) atoms. The van der Waals surface area contributed by atoms with E-state index in [-0.39, 0.29) is 12.1 Å². The number of aliphatic hydroxyl groups is 1. The van der Waals surface area contributed by atoms with Gasteiger partial charge in [0, 0.05) is 37.5 Å². The predicted octanol–water partition coefficient (Wildman–Crippen LogP) is 2.78. The van der Waals surface area contributed by atoms with Gasteiger partial charge in [-0.2, -0.15) is 0 Å². The Balaban J connectivity index is 2.81. The molecule has 1 aromatic rings. The van der Waals surface area contributed by atoms with Crippen molar-refractivity contribution in [1.29, 1.82) is 0 Å². The third kappa shape index (κ3) is 5.62. The van der Waals surface area contributed by atoms with Crippen LogP contribution in [-0.2, 0) is 6.54 Å². The molecular formula is C16H28N2O. The molecule has 0 aliphatic rings. The summed E-state index contributed by atoms with van der Waals surface area (Å²) < 4.78 is 0. The number of nitrogens with zero attached hydrogens (tertiary/aromatic N) is 1. The Kier molecular flexibility index (Phi) is 6.32. The molecule has 1 aromatic carbocycles. The Morgan fingerprint density at radius 2 is 1.89 bits per heavy atom. The van der Waals surface area contributed by atoms with Crippen molar-refractivity contribution < 1.29 is 5.11 Å². The van der Waals surface area contributed by atoms with Crippen LogP contribution in [-0.4, -0.2) is 30.3 Å². The molecule has 0 radical (unpaired) electrons. The van der Waals surface area contributed by atoms with Gasteiger partial charge in [0.2, 0.25) is 0 Å². The molecule has 0 fully saturated rings. The van der Waals surface area contributed by atoms with Crippen LogP contribution in [0.4, 0.5) is 5.69 Å². The first kappa shape index (κ1) is 16.0. The van der Waals surface area contributed by atoms with Gasteiger partial charge >= 0.3 is 0 Å². The van der Waals surface area contributed by atoms with E-state index in [1.54, 1.807) is 0 Å². The summed E-state index contributed by atoms with van der Waals surface area (Å²) in [6, 6.07) is 8.51. The number of rotatable bonds is 7. The van der Waals surface area contributed by atoms with Gasteiger partial charge in [0.25, 0.3) is 0 Å². The summed E-state index contributed by atoms with van der Waals surface area (Å²) in [6.45, 7) is 11.7. The van der Waals surface area contributed by atoms with Crippen molar-refractivity contribution in [1.82, 2.24) is 5.32 Å². The molecule has 0 bridgehead atoms. The van der Waals surface area contributed by atoms with Crippen molar-refractivity contribution >= 4 is 5.69 Å². The van der Waals surface area contributed by atoms with Crippen molar-refractivity contribution in [2.75, 3.05) is 24.6 Å². The van der Waals surface area contributed by atoms with Gasteiger partial charge in [0.1, 0.15) is 0 Å². The second kappa shape index (κ2) is 7.51. The molecule has 0 amide bonds. The van der Waals surface area contributed by atoms with E-state index < -0.39 is 0 Å². The zero-order chi connectivity index (χ0) is 14.3. The van der Waals surface area contributed by atoms with E-state index in [1.165, 1.54) is 11.3 Å². The zero-order valence-corrected chi connectivity index (χ0v) is 12.7. The molecule has 0 aliphatic heterocycles. The van der Waals surface area contributed by atoms with Crippen LogP contribution in [0.1, 0.15) is 39.7 Å². The van der Waals surface area contributed by atoms with Crippen molar-refractivity contribution in [3.8, 4) is 0 Å². The van der Waals surface area contributed by atoms with Gasteiger partial charge in [0.15, 0.2) is 0 Å². The van der Waals surface area contributed by atoms with Crippen LogP contribution in [0.3, 0.4) is 0 Å². The van der Waals surface area contributed by atoms with Gasteiger partial charge in [-0.3, -0.25) is 0 Å². The standard InChI is InChI=1S/C16H28N2O/c1-5-18(11-8-12-19)15-10-7-6-9-14(15)13-17-16(2,3)4/h6-7,9-10,17,19H,5,8,11-13H2,1-4H3. The van der Waals surface area contributed by atoms with Crippen LogP contribution in [0.25, 0.3) is 0 Å². The molecular weight excluding hydrogens is 236 g/mol. The fourth-order valence-corrected chi connectivity index (χ4v) is 2.04. The molecule has 2 N–H and O–H groups in total. The Morgan fingerprint density at radius 1 is 1.21 bits per heavy atom. The smallest absolute Gasteiger partial charge is 0.0447 e. The Bertz CT molecular complexity index is 371. The van der Waals surface area contributed by atoms with E-state index in [2.05, 4.69) is 62.2 Å². The summed E-state index contributed by atoms with van der Waals surface area (Å²) in [5.74, 6) is 0. The van der Waals surface area contributed by atoms with Crippen LogP contribution < -0.4 is 10.2 Å². The lowest BCUT2D eigenvalue weighted by Crippen LogP contribution is -2.36. The van der Waals surface area contributed by atoms with Gasteiger partial charge in [-0.15, -0.1) is 0 Å². The molecule has 0 aliphatic carbocycles. The van der Waals surface area contributed by atoms with E-state index in [0.717, 1.165) is 26.1 Å². The molecule has 3 nitrogen and oxygen atoms in total. The highest BCUT2D eigenvalue weighted by Crippen LogP contribution is 2.21. The average Bonchev–Trinajstić information content (AvgIpc) is 2.37. The second-order valence-corrected chi connectivity index (χ2v) is 5.89. The normalized spacial score (nSPS) is 11.6. The first-order valence-electron chi connectivity index (χ1n) is 7.16. The van der Waals surface area contributed by atoms with Crippen molar-refractivity contribution in [3.63, 3.8) is 0 Å². The quantitative estimate of drug-likeness (QED) is 0.795. The highest BCUT2D eigenvalue weighted by atomic mass is 16.3. The lowest BCUT2D eigenvalue weighted by atomic mass is 10.1. The molecule has 0 atom stereocenters. The number of anilines is 1. The van der Waals surface area contributed by atoms with Crippen LogP contribution in [0.15, 0.2) is 24.3 Å². The highest BCUT2D eigenvalue weighted by molar-refractivity contribution is 5.53. The van der Waals surface area contributed by atoms with Crippen LogP contribution in [0.5, 0.6) is 0 Å². The largest absolute Gasteiger partial charge is 0.396 e. The summed E-state index contributed by atoms with van der Waals surface area (Å²) in [4.78, 5) is 2.33. The van der Waals surface area contributed by atoms with Gasteiger partial charge in [-0.25, -0.2) is 0 Å². The van der Waals surface area contributed by atoms with Gasteiger partial charge in [0.05, 0.1) is 0 Å². The summed E-state index contributed by atoms with van der Waals surface area (Å²) in [7, 11) is 0. The van der Waals surface area contributed by atoms with E-state index >= 15 is 0 Å². The molecule has 0 aromatic heterocycles. The first-order valence-corrected chi connectivity index (χ1v) is 7.16. The third-order valence-corrected chi connectivity index (χ3v) is 3.11. The van der Waals surface area contributed by atoms with Gasteiger partial charge < -0.3 is 15.3 Å². The summed E-state index contributed by atoms with van der Waals surface area (Å²) in [5, 5.41) is 12.5. The van der Waals surface area contributed by atoms with Crippen molar-refractivity contribution in [3.05, 3.63) is 29.8 Å². The summed E-state index contributed by atoms with van der Waals surface area (Å²) in [5.41, 5.74) is 2.71. The minimum atomic E-state index is 0.120. The number of hydrogen-bond donors (Lipinski definition) is 2. The fraction of sp³-hybridized carbons (Fsp3) is 0.625.